The van der Waals surface area contributed by atoms with E-state index in [1.165, 1.54) is 0 Å². The molecule has 1 saturated heterocycles. The number of morpholine rings is 1. The highest BCUT2D eigenvalue weighted by molar-refractivity contribution is 5.92. The number of hydrogen-bond donors (Lipinski definition) is 1. The zero-order valence-corrected chi connectivity index (χ0v) is 12.1. The van der Waals surface area contributed by atoms with Crippen LogP contribution in [0.1, 0.15) is 21.6 Å². The van der Waals surface area contributed by atoms with E-state index in [4.69, 9.17) is 4.74 Å². The standard InChI is InChI=1S/C16H15N3O3/c1-10-11(8-20)2-3-15-14(10)4-12(5-17)19(15)7-13-6-18-16(21)9-22-13/h2-4,8,13H,6-7,9H2,1H3,(H,18,21). The molecule has 6 heteroatoms. The maximum absolute atomic E-state index is 11.1. The van der Waals surface area contributed by atoms with Gasteiger partial charge in [0, 0.05) is 23.0 Å². The van der Waals surface area contributed by atoms with Gasteiger partial charge in [0.1, 0.15) is 24.7 Å². The molecular formula is C16H15N3O3. The molecule has 0 spiro atoms. The third-order valence-electron chi connectivity index (χ3n) is 4.00. The fourth-order valence-electron chi connectivity index (χ4n) is 2.76. The smallest absolute Gasteiger partial charge is 0.246 e. The van der Waals surface area contributed by atoms with Crippen molar-refractivity contribution in [2.45, 2.75) is 19.6 Å². The molecule has 1 aromatic heterocycles. The third-order valence-corrected chi connectivity index (χ3v) is 4.00. The molecule has 112 valence electrons. The summed E-state index contributed by atoms with van der Waals surface area (Å²) in [5.74, 6) is -0.124. The first-order chi connectivity index (χ1) is 10.6. The van der Waals surface area contributed by atoms with Crippen LogP contribution in [0, 0.1) is 18.3 Å². The van der Waals surface area contributed by atoms with E-state index in [1.807, 2.05) is 17.6 Å². The molecule has 6 nitrogen and oxygen atoms in total. The van der Waals surface area contributed by atoms with Gasteiger partial charge in [-0.1, -0.05) is 0 Å². The SMILES string of the molecule is Cc1c(C=O)ccc2c1cc(C#N)n2CC1CNC(=O)CO1. The first-order valence-electron chi connectivity index (χ1n) is 7.00. The minimum atomic E-state index is -0.175. The molecule has 2 aromatic rings. The number of carbonyl (C=O) groups is 2. The zero-order chi connectivity index (χ0) is 15.7. The first-order valence-corrected chi connectivity index (χ1v) is 7.00. The van der Waals surface area contributed by atoms with Crippen molar-refractivity contribution in [1.82, 2.24) is 9.88 Å². The van der Waals surface area contributed by atoms with Crippen LogP contribution in [0.4, 0.5) is 0 Å². The summed E-state index contributed by atoms with van der Waals surface area (Å²) in [5, 5.41) is 13.0. The number of benzene rings is 1. The van der Waals surface area contributed by atoms with Crippen molar-refractivity contribution in [2.24, 2.45) is 0 Å². The summed E-state index contributed by atoms with van der Waals surface area (Å²) in [6.45, 7) is 2.82. The van der Waals surface area contributed by atoms with E-state index in [0.717, 1.165) is 22.8 Å². The number of nitriles is 1. The van der Waals surface area contributed by atoms with Crippen molar-refractivity contribution in [3.05, 3.63) is 35.0 Å². The Kier molecular flexibility index (Phi) is 3.65. The van der Waals surface area contributed by atoms with Crippen LogP contribution in [0.3, 0.4) is 0 Å². The number of hydrogen-bond acceptors (Lipinski definition) is 4. The Bertz CT molecular complexity index is 791. The van der Waals surface area contributed by atoms with Crippen LogP contribution in [-0.2, 0) is 16.1 Å². The molecule has 1 aliphatic heterocycles. The number of amides is 1. The molecule has 0 saturated carbocycles. The van der Waals surface area contributed by atoms with Crippen molar-refractivity contribution >= 4 is 23.1 Å². The molecule has 1 N–H and O–H groups in total. The van der Waals surface area contributed by atoms with Gasteiger partial charge in [-0.05, 0) is 30.7 Å². The molecule has 1 aliphatic rings. The lowest BCUT2D eigenvalue weighted by molar-refractivity contribution is -0.133. The lowest BCUT2D eigenvalue weighted by atomic mass is 10.1. The highest BCUT2D eigenvalue weighted by Crippen LogP contribution is 2.25. The number of aldehydes is 1. The second-order valence-electron chi connectivity index (χ2n) is 5.32. The van der Waals surface area contributed by atoms with Gasteiger partial charge in [-0.2, -0.15) is 5.26 Å². The average Bonchev–Trinajstić information content (AvgIpc) is 2.89. The highest BCUT2D eigenvalue weighted by Gasteiger charge is 2.21. The van der Waals surface area contributed by atoms with Gasteiger partial charge in [-0.15, -0.1) is 0 Å². The van der Waals surface area contributed by atoms with Crippen LogP contribution in [-0.4, -0.2) is 36.0 Å². The van der Waals surface area contributed by atoms with Crippen LogP contribution >= 0.6 is 0 Å². The number of aryl methyl sites for hydroxylation is 1. The van der Waals surface area contributed by atoms with Gasteiger partial charge in [0.2, 0.25) is 5.91 Å². The lowest BCUT2D eigenvalue weighted by Crippen LogP contribution is -2.44. The number of nitrogens with zero attached hydrogens (tertiary/aromatic N) is 2. The van der Waals surface area contributed by atoms with Crippen molar-refractivity contribution in [1.29, 1.82) is 5.26 Å². The largest absolute Gasteiger partial charge is 0.365 e. The summed E-state index contributed by atoms with van der Waals surface area (Å²) < 4.78 is 7.36. The molecule has 1 amide bonds. The fourth-order valence-corrected chi connectivity index (χ4v) is 2.76. The van der Waals surface area contributed by atoms with Crippen molar-refractivity contribution in [3.63, 3.8) is 0 Å². The second kappa shape index (κ2) is 5.62. The van der Waals surface area contributed by atoms with Gasteiger partial charge < -0.3 is 14.6 Å². The predicted octanol–water partition coefficient (Wildman–Crippen LogP) is 1.15. The summed E-state index contributed by atoms with van der Waals surface area (Å²) in [7, 11) is 0. The van der Waals surface area contributed by atoms with Gasteiger partial charge in [0.15, 0.2) is 0 Å². The normalized spacial score (nSPS) is 18.0. The summed E-state index contributed by atoms with van der Waals surface area (Å²) in [6, 6.07) is 7.57. The highest BCUT2D eigenvalue weighted by atomic mass is 16.5. The molecule has 0 aliphatic carbocycles. The van der Waals surface area contributed by atoms with Crippen LogP contribution in [0.25, 0.3) is 10.9 Å². The minimum Gasteiger partial charge on any atom is -0.365 e. The van der Waals surface area contributed by atoms with Gasteiger partial charge in [0.25, 0.3) is 0 Å². The van der Waals surface area contributed by atoms with Gasteiger partial charge >= 0.3 is 0 Å². The van der Waals surface area contributed by atoms with E-state index in [1.54, 1.807) is 12.1 Å². The molecule has 1 aromatic carbocycles. The van der Waals surface area contributed by atoms with E-state index in [-0.39, 0.29) is 18.6 Å². The van der Waals surface area contributed by atoms with Crippen LogP contribution in [0.2, 0.25) is 0 Å². The summed E-state index contributed by atoms with van der Waals surface area (Å²) in [4.78, 5) is 22.2. The summed E-state index contributed by atoms with van der Waals surface area (Å²) in [6.07, 6.45) is 0.643. The molecule has 1 atom stereocenters. The Balaban J connectivity index is 2.01. The summed E-state index contributed by atoms with van der Waals surface area (Å²) >= 11 is 0. The first kappa shape index (κ1) is 14.3. The van der Waals surface area contributed by atoms with Gasteiger partial charge in [-0.25, -0.2) is 0 Å². The van der Waals surface area contributed by atoms with E-state index in [9.17, 15) is 14.9 Å². The molecule has 2 heterocycles. The van der Waals surface area contributed by atoms with E-state index in [2.05, 4.69) is 11.4 Å². The molecular weight excluding hydrogens is 282 g/mol. The minimum absolute atomic E-state index is 0.0417. The van der Waals surface area contributed by atoms with Crippen molar-refractivity contribution in [3.8, 4) is 6.07 Å². The average molecular weight is 297 g/mol. The summed E-state index contributed by atoms with van der Waals surface area (Å²) in [5.41, 5.74) is 2.89. The van der Waals surface area contributed by atoms with E-state index >= 15 is 0 Å². The number of aromatic nitrogens is 1. The zero-order valence-electron chi connectivity index (χ0n) is 12.1. The Labute approximate surface area is 127 Å². The number of fused-ring (bicyclic) bond motifs is 1. The Morgan fingerprint density at radius 2 is 2.36 bits per heavy atom. The van der Waals surface area contributed by atoms with Crippen LogP contribution < -0.4 is 5.32 Å². The molecule has 22 heavy (non-hydrogen) atoms. The van der Waals surface area contributed by atoms with Crippen molar-refractivity contribution < 1.29 is 14.3 Å². The third kappa shape index (κ3) is 2.36. The lowest BCUT2D eigenvalue weighted by Gasteiger charge is -2.24. The molecule has 0 radical (unpaired) electrons. The topological polar surface area (TPSA) is 84.1 Å². The number of nitrogens with one attached hydrogen (secondary N) is 1. The maximum Gasteiger partial charge on any atom is 0.246 e. The quantitative estimate of drug-likeness (QED) is 0.861. The van der Waals surface area contributed by atoms with Gasteiger partial charge in [-0.3, -0.25) is 9.59 Å². The van der Waals surface area contributed by atoms with Gasteiger partial charge in [0.05, 0.1) is 12.6 Å². The van der Waals surface area contributed by atoms with E-state index in [0.29, 0.717) is 24.3 Å². The van der Waals surface area contributed by atoms with Crippen molar-refractivity contribution in [2.75, 3.05) is 13.2 Å². The number of ether oxygens (including phenoxy) is 1. The monoisotopic (exact) mass is 297 g/mol. The Hall–Kier alpha value is -2.65. The van der Waals surface area contributed by atoms with E-state index < -0.39 is 0 Å². The molecule has 1 fully saturated rings. The maximum atomic E-state index is 11.1. The Morgan fingerprint density at radius 1 is 1.55 bits per heavy atom. The Morgan fingerprint density at radius 3 is 3.00 bits per heavy atom. The molecule has 3 rings (SSSR count). The fraction of sp³-hybridized carbons (Fsp3) is 0.312. The van der Waals surface area contributed by atoms with Crippen LogP contribution in [0.5, 0.6) is 0 Å². The van der Waals surface area contributed by atoms with Crippen LogP contribution in [0.15, 0.2) is 18.2 Å². The predicted molar refractivity (Wildman–Crippen MR) is 79.5 cm³/mol. The second-order valence-corrected chi connectivity index (χ2v) is 5.32. The number of rotatable bonds is 3. The number of carbonyl (C=O) groups excluding carboxylic acids is 2. The molecule has 1 unspecified atom stereocenters. The molecule has 0 bridgehead atoms.